The molecule has 0 aliphatic carbocycles. The highest BCUT2D eigenvalue weighted by Crippen LogP contribution is 2.37. The molecule has 3 rings (SSSR count). The predicted octanol–water partition coefficient (Wildman–Crippen LogP) is 3.93. The van der Waals surface area contributed by atoms with Gasteiger partial charge in [-0.15, -0.1) is 0 Å². The molecule has 2 aromatic rings. The first kappa shape index (κ1) is 21.3. The second-order valence-corrected chi connectivity index (χ2v) is 7.78. The Bertz CT molecular complexity index is 932. The fourth-order valence-corrected chi connectivity index (χ4v) is 3.90. The first-order valence-electron chi connectivity index (χ1n) is 10.1. The van der Waals surface area contributed by atoms with Crippen LogP contribution in [0.4, 0.5) is 5.69 Å². The van der Waals surface area contributed by atoms with Gasteiger partial charge in [-0.1, -0.05) is 31.0 Å². The van der Waals surface area contributed by atoms with Gasteiger partial charge in [0.15, 0.2) is 0 Å². The first-order valence-corrected chi connectivity index (χ1v) is 10.4. The number of fused-ring (bicyclic) bond motifs is 1. The lowest BCUT2D eigenvalue weighted by Gasteiger charge is -2.37. The minimum Gasteiger partial charge on any atom is -0.366 e. The lowest BCUT2D eigenvalue weighted by molar-refractivity contribution is -0.124. The molecule has 3 N–H and O–H groups in total. The van der Waals surface area contributed by atoms with Crippen molar-refractivity contribution in [1.29, 1.82) is 5.41 Å². The molecule has 29 heavy (non-hydrogen) atoms. The smallest absolute Gasteiger partial charge is 0.271 e. The second kappa shape index (κ2) is 9.37. The zero-order valence-electron chi connectivity index (χ0n) is 17.0. The summed E-state index contributed by atoms with van der Waals surface area (Å²) in [5.74, 6) is -0.219. The number of hydrogen-bond acceptors (Lipinski definition) is 5. The van der Waals surface area contributed by atoms with Crippen LogP contribution in [0, 0.1) is 5.41 Å². The average Bonchev–Trinajstić information content (AvgIpc) is 2.73. The summed E-state index contributed by atoms with van der Waals surface area (Å²) in [6, 6.07) is 5.57. The van der Waals surface area contributed by atoms with Crippen LogP contribution in [0.1, 0.15) is 38.3 Å². The molecule has 6 nitrogen and oxygen atoms in total. The third kappa shape index (κ3) is 4.60. The average molecular weight is 414 g/mol. The van der Waals surface area contributed by atoms with Gasteiger partial charge in [0.25, 0.3) is 5.91 Å². The molecular weight excluding hydrogens is 386 g/mol. The minimum atomic E-state index is -0.219. The maximum atomic E-state index is 12.5. The largest absolute Gasteiger partial charge is 0.366 e. The number of hydrogen-bond donors (Lipinski definition) is 2. The molecule has 1 aromatic heterocycles. The zero-order valence-corrected chi connectivity index (χ0v) is 17.7. The topological polar surface area (TPSA) is 86.3 Å². The molecule has 1 unspecified atom stereocenters. The van der Waals surface area contributed by atoms with Crippen LogP contribution < -0.4 is 10.6 Å². The van der Waals surface area contributed by atoms with Gasteiger partial charge in [0.05, 0.1) is 16.2 Å². The zero-order chi connectivity index (χ0) is 21.0. The Labute approximate surface area is 176 Å². The van der Waals surface area contributed by atoms with Crippen molar-refractivity contribution in [2.45, 2.75) is 32.7 Å². The number of nitrogens with two attached hydrogens (primary N) is 1. The van der Waals surface area contributed by atoms with Crippen molar-refractivity contribution in [3.05, 3.63) is 47.1 Å². The van der Waals surface area contributed by atoms with Crippen molar-refractivity contribution in [1.82, 2.24) is 9.88 Å². The van der Waals surface area contributed by atoms with Gasteiger partial charge in [-0.25, -0.2) is 0 Å². The fourth-order valence-electron chi connectivity index (χ4n) is 3.63. The molecule has 1 amide bonds. The van der Waals surface area contributed by atoms with E-state index >= 15 is 0 Å². The third-order valence-electron chi connectivity index (χ3n) is 5.19. The highest BCUT2D eigenvalue weighted by molar-refractivity contribution is 6.42. The number of rotatable bonds is 6. The summed E-state index contributed by atoms with van der Waals surface area (Å²) in [4.78, 5) is 21.1. The van der Waals surface area contributed by atoms with Crippen LogP contribution >= 0.6 is 11.6 Å². The molecule has 7 heteroatoms. The summed E-state index contributed by atoms with van der Waals surface area (Å²) < 4.78 is 0. The van der Waals surface area contributed by atoms with Crippen molar-refractivity contribution < 1.29 is 4.79 Å². The number of piperazine rings is 1. The lowest BCUT2D eigenvalue weighted by atomic mass is 10.0. The number of unbranched alkanes of at least 4 members (excludes halogenated alkanes) is 1. The standard InChI is InChI=1S/C22H28ClN5O/c1-3-4-5-8-19(25)22(29)28-12-10-27(11-13-28)21-17(15(2)24)14-18(23)16-7-6-9-26-20(16)21/h5-9,14-15,25H,3-4,10-13,24H2,1-2H3. The van der Waals surface area contributed by atoms with E-state index in [4.69, 9.17) is 22.7 Å². The molecule has 1 aromatic carbocycles. The number of amides is 1. The maximum Gasteiger partial charge on any atom is 0.271 e. The van der Waals surface area contributed by atoms with E-state index in [1.807, 2.05) is 31.2 Å². The van der Waals surface area contributed by atoms with Crippen LogP contribution in [0.25, 0.3) is 10.9 Å². The molecule has 0 spiro atoms. The molecule has 1 fully saturated rings. The molecular formula is C22H28ClN5O. The number of anilines is 1. The van der Waals surface area contributed by atoms with Gasteiger partial charge in [0, 0.05) is 43.8 Å². The Hall–Kier alpha value is -2.44. The number of halogens is 1. The molecule has 0 radical (unpaired) electrons. The van der Waals surface area contributed by atoms with Crippen LogP contribution in [0.15, 0.2) is 36.5 Å². The van der Waals surface area contributed by atoms with Gasteiger partial charge in [-0.05, 0) is 43.2 Å². The van der Waals surface area contributed by atoms with E-state index in [9.17, 15) is 4.79 Å². The number of allylic oxidation sites excluding steroid dienone is 1. The predicted molar refractivity (Wildman–Crippen MR) is 120 cm³/mol. The molecule has 0 saturated carbocycles. The maximum absolute atomic E-state index is 12.5. The van der Waals surface area contributed by atoms with E-state index in [0.29, 0.717) is 31.2 Å². The Balaban J connectivity index is 1.82. The van der Waals surface area contributed by atoms with Gasteiger partial charge < -0.3 is 15.5 Å². The molecule has 1 saturated heterocycles. The quantitative estimate of drug-likeness (QED) is 0.702. The Morgan fingerprint density at radius 3 is 2.76 bits per heavy atom. The molecule has 154 valence electrons. The van der Waals surface area contributed by atoms with Crippen LogP contribution in [0.2, 0.25) is 5.02 Å². The lowest BCUT2D eigenvalue weighted by Crippen LogP contribution is -2.50. The van der Waals surface area contributed by atoms with Crippen molar-refractivity contribution in [3.63, 3.8) is 0 Å². The van der Waals surface area contributed by atoms with Gasteiger partial charge in [0.2, 0.25) is 0 Å². The molecule has 0 bridgehead atoms. The number of nitrogens with zero attached hydrogens (tertiary/aromatic N) is 3. The first-order chi connectivity index (χ1) is 13.9. The van der Waals surface area contributed by atoms with Crippen LogP contribution in [0.3, 0.4) is 0 Å². The van der Waals surface area contributed by atoms with Gasteiger partial charge >= 0.3 is 0 Å². The molecule has 1 aliphatic heterocycles. The van der Waals surface area contributed by atoms with Crippen LogP contribution in [-0.4, -0.2) is 47.7 Å². The summed E-state index contributed by atoms with van der Waals surface area (Å²) in [5.41, 5.74) is 9.07. The monoisotopic (exact) mass is 413 g/mol. The minimum absolute atomic E-state index is 0.0433. The SMILES string of the molecule is CCCC=CC(=N)C(=O)N1CCN(c2c(C(C)N)cc(Cl)c3cccnc23)CC1. The number of carbonyl (C=O) groups excluding carboxylic acids is 1. The summed E-state index contributed by atoms with van der Waals surface area (Å²) in [6.07, 6.45) is 7.14. The number of pyridine rings is 1. The Morgan fingerprint density at radius 2 is 2.10 bits per heavy atom. The van der Waals surface area contributed by atoms with E-state index < -0.39 is 0 Å². The molecule has 1 atom stereocenters. The fraction of sp³-hybridized carbons (Fsp3) is 0.409. The van der Waals surface area contributed by atoms with E-state index in [-0.39, 0.29) is 17.7 Å². The Morgan fingerprint density at radius 1 is 1.38 bits per heavy atom. The van der Waals surface area contributed by atoms with Crippen molar-refractivity contribution in [2.75, 3.05) is 31.1 Å². The van der Waals surface area contributed by atoms with Gasteiger partial charge in [-0.2, -0.15) is 0 Å². The number of aromatic nitrogens is 1. The number of benzene rings is 1. The van der Waals surface area contributed by atoms with Crippen molar-refractivity contribution >= 4 is 39.8 Å². The highest BCUT2D eigenvalue weighted by Gasteiger charge is 2.26. The van der Waals surface area contributed by atoms with E-state index in [1.165, 1.54) is 0 Å². The van der Waals surface area contributed by atoms with E-state index in [0.717, 1.165) is 35.0 Å². The van der Waals surface area contributed by atoms with Crippen molar-refractivity contribution in [2.24, 2.45) is 5.73 Å². The van der Waals surface area contributed by atoms with E-state index in [2.05, 4.69) is 16.8 Å². The van der Waals surface area contributed by atoms with Crippen LogP contribution in [-0.2, 0) is 4.79 Å². The highest BCUT2D eigenvalue weighted by atomic mass is 35.5. The molecule has 1 aliphatic rings. The summed E-state index contributed by atoms with van der Waals surface area (Å²) in [5, 5.41) is 9.55. The van der Waals surface area contributed by atoms with Gasteiger partial charge in [0.1, 0.15) is 5.71 Å². The van der Waals surface area contributed by atoms with Crippen molar-refractivity contribution in [3.8, 4) is 0 Å². The normalized spacial score (nSPS) is 15.9. The Kier molecular flexibility index (Phi) is 6.87. The molecule has 2 heterocycles. The number of carbonyl (C=O) groups is 1. The second-order valence-electron chi connectivity index (χ2n) is 7.37. The van der Waals surface area contributed by atoms with E-state index in [1.54, 1.807) is 17.2 Å². The van der Waals surface area contributed by atoms with Gasteiger partial charge in [-0.3, -0.25) is 15.2 Å². The summed E-state index contributed by atoms with van der Waals surface area (Å²) in [7, 11) is 0. The summed E-state index contributed by atoms with van der Waals surface area (Å²) in [6.45, 7) is 6.43. The summed E-state index contributed by atoms with van der Waals surface area (Å²) >= 11 is 6.47. The number of nitrogens with one attached hydrogen (secondary N) is 1. The van der Waals surface area contributed by atoms with Crippen LogP contribution in [0.5, 0.6) is 0 Å². The third-order valence-corrected chi connectivity index (χ3v) is 5.50.